The lowest BCUT2D eigenvalue weighted by Crippen LogP contribution is -2.12. The maximum Gasteiger partial charge on any atom is 0.0706 e. The molecule has 0 aliphatic rings. The molecule has 0 spiro atoms. The highest BCUT2D eigenvalue weighted by atomic mass is 31.0. The zero-order valence-corrected chi connectivity index (χ0v) is 10.7. The molecule has 2 aromatic rings. The van der Waals surface area contributed by atoms with Crippen LogP contribution in [0.3, 0.4) is 0 Å². The molecule has 3 heteroatoms. The first kappa shape index (κ1) is 11.2. The molecule has 0 aliphatic carbocycles. The van der Waals surface area contributed by atoms with Crippen LogP contribution in [0.1, 0.15) is 26.5 Å². The second-order valence-electron chi connectivity index (χ2n) is 4.79. The minimum atomic E-state index is 0.0985. The molecular formula is C13H15N2P. The van der Waals surface area contributed by atoms with Crippen molar-refractivity contribution in [3.05, 3.63) is 42.0 Å². The van der Waals surface area contributed by atoms with E-state index >= 15 is 0 Å². The second-order valence-corrected chi connectivity index (χ2v) is 5.48. The number of hydrogen-bond donors (Lipinski definition) is 0. The fraction of sp³-hybridized carbons (Fsp3) is 0.308. The Bertz CT molecular complexity index is 475. The van der Waals surface area contributed by atoms with E-state index in [1.54, 1.807) is 0 Å². The van der Waals surface area contributed by atoms with Crippen molar-refractivity contribution in [1.82, 2.24) is 9.73 Å². The smallest absolute Gasteiger partial charge is 0.0706 e. The number of aromatic nitrogens is 2. The van der Waals surface area contributed by atoms with E-state index in [0.29, 0.717) is 0 Å². The van der Waals surface area contributed by atoms with Crippen LogP contribution in [-0.2, 0) is 5.41 Å². The summed E-state index contributed by atoms with van der Waals surface area (Å²) in [5.74, 6) is 2.09. The van der Waals surface area contributed by atoms with Gasteiger partial charge in [0, 0.05) is 25.5 Å². The van der Waals surface area contributed by atoms with Crippen LogP contribution in [0.5, 0.6) is 0 Å². The minimum Gasteiger partial charge on any atom is -0.256 e. The Morgan fingerprint density at radius 1 is 1.19 bits per heavy atom. The lowest BCUT2D eigenvalue weighted by Gasteiger charge is -2.17. The fourth-order valence-corrected chi connectivity index (χ4v) is 2.28. The predicted octanol–water partition coefficient (Wildman–Crippen LogP) is 4.02. The summed E-state index contributed by atoms with van der Waals surface area (Å²) in [6.07, 6.45) is 1.82. The van der Waals surface area contributed by atoms with E-state index in [0.717, 1.165) is 19.7 Å². The molecule has 0 unspecified atom stereocenters. The molecule has 0 bridgehead atoms. The minimum absolute atomic E-state index is 0.0985. The van der Waals surface area contributed by atoms with Crippen LogP contribution in [0.25, 0.3) is 11.3 Å². The first-order valence-electron chi connectivity index (χ1n) is 5.32. The average molecular weight is 230 g/mol. The summed E-state index contributed by atoms with van der Waals surface area (Å²) in [7, 11) is 1.00. The summed E-state index contributed by atoms with van der Waals surface area (Å²) >= 11 is 0. The number of rotatable bonds is 1. The molecule has 0 aromatic carbocycles. The molecular weight excluding hydrogens is 215 g/mol. The highest BCUT2D eigenvalue weighted by Crippen LogP contribution is 2.27. The summed E-state index contributed by atoms with van der Waals surface area (Å²) in [4.78, 5) is 4.36. The van der Waals surface area contributed by atoms with E-state index in [1.807, 2.05) is 24.4 Å². The maximum absolute atomic E-state index is 4.51. The lowest BCUT2D eigenvalue weighted by molar-refractivity contribution is 0.574. The van der Waals surface area contributed by atoms with Crippen molar-refractivity contribution in [2.75, 3.05) is 0 Å². The lowest BCUT2D eigenvalue weighted by atomic mass is 9.91. The number of pyridine rings is 1. The quantitative estimate of drug-likeness (QED) is 0.739. The summed E-state index contributed by atoms with van der Waals surface area (Å²) in [6, 6.07) is 8.11. The van der Waals surface area contributed by atoms with Gasteiger partial charge in [0.15, 0.2) is 0 Å². The first-order chi connectivity index (χ1) is 7.57. The van der Waals surface area contributed by atoms with Gasteiger partial charge in [-0.1, -0.05) is 26.8 Å². The number of nitrogens with zero attached hydrogens (tertiary/aromatic N) is 2. The Hall–Kier alpha value is -1.27. The standard InChI is InChI=1S/C13H15N2P/c1-13(2,3)12-8-10(9-16-15-12)11-6-4-5-7-14-11/h4-9H,1-3H3. The average Bonchev–Trinajstić information content (AvgIpc) is 2.29. The van der Waals surface area contributed by atoms with E-state index in [1.165, 1.54) is 5.56 Å². The third-order valence-electron chi connectivity index (χ3n) is 2.38. The summed E-state index contributed by atoms with van der Waals surface area (Å²) in [5.41, 5.74) is 3.42. The van der Waals surface area contributed by atoms with E-state index in [2.05, 4.69) is 42.4 Å². The van der Waals surface area contributed by atoms with Crippen LogP contribution in [0, 0.1) is 0 Å². The summed E-state index contributed by atoms with van der Waals surface area (Å²) in [5, 5.41) is 0. The van der Waals surface area contributed by atoms with Crippen molar-refractivity contribution in [3.63, 3.8) is 0 Å². The molecule has 0 radical (unpaired) electrons. The Balaban J connectivity index is 2.45. The fourth-order valence-electron chi connectivity index (χ4n) is 1.41. The van der Waals surface area contributed by atoms with Gasteiger partial charge in [0.2, 0.25) is 0 Å². The third-order valence-corrected chi connectivity index (χ3v) is 3.11. The van der Waals surface area contributed by atoms with Crippen LogP contribution in [-0.4, -0.2) is 9.73 Å². The van der Waals surface area contributed by atoms with Gasteiger partial charge in [-0.3, -0.25) is 4.98 Å². The Morgan fingerprint density at radius 2 is 2.00 bits per heavy atom. The van der Waals surface area contributed by atoms with Crippen molar-refractivity contribution >= 4 is 8.35 Å². The van der Waals surface area contributed by atoms with E-state index in [-0.39, 0.29) is 5.41 Å². The van der Waals surface area contributed by atoms with E-state index in [4.69, 9.17) is 0 Å². The number of hydrogen-bond acceptors (Lipinski definition) is 2. The monoisotopic (exact) mass is 230 g/mol. The summed E-state index contributed by atoms with van der Waals surface area (Å²) < 4.78 is 4.51. The zero-order chi connectivity index (χ0) is 11.6. The van der Waals surface area contributed by atoms with Crippen molar-refractivity contribution in [1.29, 1.82) is 0 Å². The molecule has 0 saturated carbocycles. The highest BCUT2D eigenvalue weighted by Gasteiger charge is 2.16. The molecule has 2 nitrogen and oxygen atoms in total. The molecule has 2 rings (SSSR count). The topological polar surface area (TPSA) is 25.8 Å². The molecule has 0 fully saturated rings. The molecule has 82 valence electrons. The van der Waals surface area contributed by atoms with Crippen molar-refractivity contribution in [3.8, 4) is 11.3 Å². The highest BCUT2D eigenvalue weighted by molar-refractivity contribution is 7.24. The van der Waals surface area contributed by atoms with Crippen molar-refractivity contribution < 1.29 is 0 Å². The molecule has 0 amide bonds. The molecule has 0 saturated heterocycles. The van der Waals surface area contributed by atoms with Crippen molar-refractivity contribution in [2.24, 2.45) is 0 Å². The predicted molar refractivity (Wildman–Crippen MR) is 68.7 cm³/mol. The molecule has 0 N–H and O–H groups in total. The maximum atomic E-state index is 4.51. The van der Waals surface area contributed by atoms with E-state index in [9.17, 15) is 0 Å². The molecule has 0 atom stereocenters. The van der Waals surface area contributed by atoms with Gasteiger partial charge < -0.3 is 0 Å². The Kier molecular flexibility index (Phi) is 3.02. The first-order valence-corrected chi connectivity index (χ1v) is 6.23. The largest absolute Gasteiger partial charge is 0.256 e. The van der Waals surface area contributed by atoms with Crippen LogP contribution >= 0.6 is 8.35 Å². The van der Waals surface area contributed by atoms with Crippen LogP contribution in [0.2, 0.25) is 0 Å². The summed E-state index contributed by atoms with van der Waals surface area (Å²) in [6.45, 7) is 6.54. The molecule has 2 aromatic heterocycles. The second kappa shape index (κ2) is 4.31. The van der Waals surface area contributed by atoms with Crippen LogP contribution in [0.4, 0.5) is 0 Å². The Morgan fingerprint density at radius 3 is 2.62 bits per heavy atom. The van der Waals surface area contributed by atoms with Gasteiger partial charge in [0.05, 0.1) is 11.4 Å². The molecule has 2 heterocycles. The van der Waals surface area contributed by atoms with Gasteiger partial charge in [-0.25, -0.2) is 4.75 Å². The van der Waals surface area contributed by atoms with Gasteiger partial charge in [-0.05, 0) is 24.0 Å². The van der Waals surface area contributed by atoms with Gasteiger partial charge in [-0.2, -0.15) is 0 Å². The van der Waals surface area contributed by atoms with Gasteiger partial charge in [0.25, 0.3) is 0 Å². The molecule has 16 heavy (non-hydrogen) atoms. The molecule has 0 aliphatic heterocycles. The third kappa shape index (κ3) is 2.45. The van der Waals surface area contributed by atoms with E-state index < -0.39 is 0 Å². The van der Waals surface area contributed by atoms with Gasteiger partial charge in [0.1, 0.15) is 0 Å². The Labute approximate surface area is 97.9 Å². The SMILES string of the molecule is CC(C)(C)c1cc(-c2ccccn2)cpn1. The van der Waals surface area contributed by atoms with Crippen LogP contribution in [0.15, 0.2) is 36.3 Å². The van der Waals surface area contributed by atoms with Gasteiger partial charge >= 0.3 is 0 Å². The van der Waals surface area contributed by atoms with Crippen molar-refractivity contribution in [2.45, 2.75) is 26.2 Å². The normalized spacial score (nSPS) is 11.9. The van der Waals surface area contributed by atoms with Crippen LogP contribution < -0.4 is 0 Å². The zero-order valence-electron chi connectivity index (χ0n) is 9.81. The van der Waals surface area contributed by atoms with Gasteiger partial charge in [-0.15, -0.1) is 0 Å².